The van der Waals surface area contributed by atoms with E-state index < -0.39 is 0 Å². The molecule has 1 heterocycles. The monoisotopic (exact) mass is 265 g/mol. The highest BCUT2D eigenvalue weighted by molar-refractivity contribution is 6.33. The summed E-state index contributed by atoms with van der Waals surface area (Å²) in [6.07, 6.45) is 3.50. The second-order valence-electron chi connectivity index (χ2n) is 4.88. The molecular weight excluding hydrogens is 253 g/mol. The van der Waals surface area contributed by atoms with Crippen molar-refractivity contribution < 1.29 is 4.39 Å². The molecule has 1 fully saturated rings. The fourth-order valence-electron chi connectivity index (χ4n) is 1.94. The van der Waals surface area contributed by atoms with Crippen LogP contribution in [0.5, 0.6) is 0 Å². The first kappa shape index (κ1) is 11.7. The van der Waals surface area contributed by atoms with Crippen molar-refractivity contribution in [1.29, 1.82) is 0 Å². The molecule has 2 aromatic rings. The lowest BCUT2D eigenvalue weighted by atomic mass is 10.1. The van der Waals surface area contributed by atoms with Crippen LogP contribution in [0.1, 0.15) is 24.2 Å². The van der Waals surface area contributed by atoms with Crippen molar-refractivity contribution in [2.75, 3.05) is 0 Å². The van der Waals surface area contributed by atoms with E-state index in [1.807, 2.05) is 0 Å². The molecule has 0 atom stereocenters. The van der Waals surface area contributed by atoms with Crippen molar-refractivity contribution in [2.24, 2.45) is 5.73 Å². The van der Waals surface area contributed by atoms with Crippen LogP contribution in [0.25, 0.3) is 11.3 Å². The van der Waals surface area contributed by atoms with Gasteiger partial charge in [-0.1, -0.05) is 11.6 Å². The lowest BCUT2D eigenvalue weighted by Gasteiger charge is -2.06. The molecular formula is C13H13ClFN3. The lowest BCUT2D eigenvalue weighted by Crippen LogP contribution is -2.20. The number of nitrogens with two attached hydrogens (primary N) is 1. The molecule has 0 spiro atoms. The zero-order valence-electron chi connectivity index (χ0n) is 9.93. The van der Waals surface area contributed by atoms with E-state index in [2.05, 4.69) is 9.97 Å². The summed E-state index contributed by atoms with van der Waals surface area (Å²) in [4.78, 5) is 7.39. The minimum absolute atomic E-state index is 0.278. The van der Waals surface area contributed by atoms with E-state index in [4.69, 9.17) is 17.3 Å². The maximum atomic E-state index is 13.6. The Kier molecular flexibility index (Phi) is 2.47. The molecule has 1 aromatic carbocycles. The number of benzene rings is 1. The Morgan fingerprint density at radius 2 is 2.17 bits per heavy atom. The quantitative estimate of drug-likeness (QED) is 0.877. The number of hydrogen-bond acceptors (Lipinski definition) is 2. The molecule has 94 valence electrons. The van der Waals surface area contributed by atoms with E-state index in [1.165, 1.54) is 6.07 Å². The fraction of sp³-hybridized carbons (Fsp3) is 0.308. The first-order chi connectivity index (χ1) is 8.49. The van der Waals surface area contributed by atoms with Crippen LogP contribution in [-0.2, 0) is 5.54 Å². The Morgan fingerprint density at radius 3 is 2.83 bits per heavy atom. The van der Waals surface area contributed by atoms with Crippen LogP contribution >= 0.6 is 11.6 Å². The van der Waals surface area contributed by atoms with Crippen molar-refractivity contribution in [2.45, 2.75) is 25.3 Å². The molecule has 0 unspecified atom stereocenters. The van der Waals surface area contributed by atoms with Crippen LogP contribution in [-0.4, -0.2) is 9.97 Å². The normalized spacial score (nSPS) is 16.9. The van der Waals surface area contributed by atoms with Gasteiger partial charge in [0.1, 0.15) is 11.6 Å². The molecule has 0 amide bonds. The highest BCUT2D eigenvalue weighted by Gasteiger charge is 2.42. The van der Waals surface area contributed by atoms with Crippen molar-refractivity contribution in [3.8, 4) is 11.3 Å². The van der Waals surface area contributed by atoms with E-state index >= 15 is 0 Å². The summed E-state index contributed by atoms with van der Waals surface area (Å²) in [5.41, 5.74) is 7.57. The van der Waals surface area contributed by atoms with Crippen molar-refractivity contribution >= 4 is 11.6 Å². The largest absolute Gasteiger partial charge is 0.340 e. The molecule has 1 aliphatic rings. The number of nitrogens with one attached hydrogen (secondary N) is 1. The average Bonchev–Trinajstić information content (AvgIpc) is 2.90. The highest BCUT2D eigenvalue weighted by Crippen LogP contribution is 2.41. The third-order valence-electron chi connectivity index (χ3n) is 3.37. The third kappa shape index (κ3) is 1.82. The number of rotatable bonds is 2. The van der Waals surface area contributed by atoms with Crippen molar-refractivity contribution in [1.82, 2.24) is 9.97 Å². The van der Waals surface area contributed by atoms with Gasteiger partial charge in [0, 0.05) is 5.56 Å². The number of H-pyrrole nitrogens is 1. The average molecular weight is 266 g/mol. The van der Waals surface area contributed by atoms with Gasteiger partial charge in [0.25, 0.3) is 0 Å². The summed E-state index contributed by atoms with van der Waals surface area (Å²) in [5.74, 6) is 0.467. The maximum Gasteiger partial charge on any atom is 0.126 e. The smallest absolute Gasteiger partial charge is 0.126 e. The van der Waals surface area contributed by atoms with E-state index in [9.17, 15) is 4.39 Å². The molecule has 0 radical (unpaired) electrons. The zero-order valence-corrected chi connectivity index (χ0v) is 10.7. The van der Waals surface area contributed by atoms with Crippen LogP contribution in [0.2, 0.25) is 5.02 Å². The molecule has 3 N–H and O–H groups in total. The Balaban J connectivity index is 2.04. The SMILES string of the molecule is Cc1cc(Cl)c(-c2cnc(C3(N)CC3)[nH]2)cc1F. The molecule has 0 bridgehead atoms. The number of nitrogens with zero attached hydrogens (tertiary/aromatic N) is 1. The highest BCUT2D eigenvalue weighted by atomic mass is 35.5. The van der Waals surface area contributed by atoms with Gasteiger partial charge < -0.3 is 10.7 Å². The molecule has 1 saturated carbocycles. The van der Waals surface area contributed by atoms with Crippen LogP contribution in [0.15, 0.2) is 18.3 Å². The van der Waals surface area contributed by atoms with E-state index in [0.29, 0.717) is 21.8 Å². The molecule has 5 heteroatoms. The summed E-state index contributed by atoms with van der Waals surface area (Å²) in [6.45, 7) is 1.68. The zero-order chi connectivity index (χ0) is 12.9. The maximum absolute atomic E-state index is 13.6. The topological polar surface area (TPSA) is 54.7 Å². The predicted molar refractivity (Wildman–Crippen MR) is 68.8 cm³/mol. The van der Waals surface area contributed by atoms with Crippen LogP contribution < -0.4 is 5.73 Å². The first-order valence-electron chi connectivity index (χ1n) is 5.80. The number of hydrogen-bond donors (Lipinski definition) is 2. The van der Waals surface area contributed by atoms with Gasteiger partial charge in [-0.15, -0.1) is 0 Å². The summed E-state index contributed by atoms with van der Waals surface area (Å²) < 4.78 is 13.6. The van der Waals surface area contributed by atoms with Gasteiger partial charge in [-0.05, 0) is 37.5 Å². The summed E-state index contributed by atoms with van der Waals surface area (Å²) in [5, 5.41) is 0.506. The van der Waals surface area contributed by atoms with Gasteiger partial charge in [0.2, 0.25) is 0 Å². The summed E-state index contributed by atoms with van der Waals surface area (Å²) in [6, 6.07) is 3.03. The number of halogens is 2. The number of aromatic nitrogens is 2. The first-order valence-corrected chi connectivity index (χ1v) is 6.18. The Labute approximate surface area is 109 Å². The Hall–Kier alpha value is -1.39. The number of aromatic amines is 1. The molecule has 0 aliphatic heterocycles. The minimum atomic E-state index is -0.325. The fourth-order valence-corrected chi connectivity index (χ4v) is 2.26. The Bertz CT molecular complexity index is 617. The van der Waals surface area contributed by atoms with Crippen molar-refractivity contribution in [3.05, 3.63) is 40.6 Å². The number of aryl methyl sites for hydroxylation is 1. The van der Waals surface area contributed by atoms with Gasteiger partial charge in [-0.3, -0.25) is 0 Å². The second kappa shape index (κ2) is 3.80. The number of imidazole rings is 1. The molecule has 3 nitrogen and oxygen atoms in total. The Morgan fingerprint density at radius 1 is 1.44 bits per heavy atom. The lowest BCUT2D eigenvalue weighted by molar-refractivity contribution is 0.619. The van der Waals surface area contributed by atoms with Gasteiger partial charge in [-0.2, -0.15) is 0 Å². The molecule has 1 aliphatic carbocycles. The minimum Gasteiger partial charge on any atom is -0.340 e. The van der Waals surface area contributed by atoms with E-state index in [0.717, 1.165) is 18.7 Å². The van der Waals surface area contributed by atoms with Crippen LogP contribution in [0.3, 0.4) is 0 Å². The molecule has 1 aromatic heterocycles. The van der Waals surface area contributed by atoms with Gasteiger partial charge in [0.05, 0.1) is 22.5 Å². The van der Waals surface area contributed by atoms with Crippen LogP contribution in [0, 0.1) is 12.7 Å². The summed E-state index contributed by atoms with van der Waals surface area (Å²) >= 11 is 6.13. The van der Waals surface area contributed by atoms with E-state index in [-0.39, 0.29) is 11.4 Å². The third-order valence-corrected chi connectivity index (χ3v) is 3.69. The van der Waals surface area contributed by atoms with Gasteiger partial charge in [0.15, 0.2) is 0 Å². The predicted octanol–water partition coefficient (Wildman–Crippen LogP) is 3.13. The molecule has 3 rings (SSSR count). The van der Waals surface area contributed by atoms with Crippen LogP contribution in [0.4, 0.5) is 4.39 Å². The standard InChI is InChI=1S/C13H13ClFN3/c1-7-4-9(14)8(5-10(7)15)11-6-17-12(18-11)13(16)2-3-13/h4-6H,2-3,16H2,1H3,(H,17,18). The van der Waals surface area contributed by atoms with Gasteiger partial charge >= 0.3 is 0 Å². The molecule has 18 heavy (non-hydrogen) atoms. The second-order valence-corrected chi connectivity index (χ2v) is 5.29. The summed E-state index contributed by atoms with van der Waals surface area (Å²) in [7, 11) is 0. The van der Waals surface area contributed by atoms with E-state index in [1.54, 1.807) is 19.2 Å². The molecule has 0 saturated heterocycles. The van der Waals surface area contributed by atoms with Gasteiger partial charge in [-0.25, -0.2) is 9.37 Å². The van der Waals surface area contributed by atoms with Crippen molar-refractivity contribution in [3.63, 3.8) is 0 Å².